The first-order valence-corrected chi connectivity index (χ1v) is 8.50. The lowest BCUT2D eigenvalue weighted by molar-refractivity contribution is -0.159. The minimum atomic E-state index is -0.965. The number of ether oxygens (including phenoxy) is 1. The number of esters is 1. The highest BCUT2D eigenvalue weighted by Crippen LogP contribution is 2.43. The highest BCUT2D eigenvalue weighted by molar-refractivity contribution is 5.77. The van der Waals surface area contributed by atoms with Gasteiger partial charge in [0.1, 0.15) is 19.2 Å². The first-order valence-electron chi connectivity index (χ1n) is 8.50. The smallest absolute Gasteiger partial charge is 0.311 e. The maximum atomic E-state index is 12.6. The van der Waals surface area contributed by atoms with E-state index in [4.69, 9.17) is 9.84 Å². The van der Waals surface area contributed by atoms with E-state index in [9.17, 15) is 14.4 Å². The Labute approximate surface area is 146 Å². The third-order valence-corrected chi connectivity index (χ3v) is 4.71. The molecule has 0 bridgehead atoms. The lowest BCUT2D eigenvalue weighted by Gasteiger charge is -2.38. The van der Waals surface area contributed by atoms with Gasteiger partial charge in [0.2, 0.25) is 0 Å². The van der Waals surface area contributed by atoms with Crippen molar-refractivity contribution in [1.29, 1.82) is 0 Å². The molecule has 2 unspecified atom stereocenters. The van der Waals surface area contributed by atoms with Crippen LogP contribution in [0.15, 0.2) is 0 Å². The molecule has 24 heavy (non-hydrogen) atoms. The molecule has 0 spiro atoms. The van der Waals surface area contributed by atoms with Gasteiger partial charge in [-0.25, -0.2) is 0 Å². The third kappa shape index (κ3) is 6.71. The summed E-state index contributed by atoms with van der Waals surface area (Å²) in [5.41, 5.74) is -1.55. The second-order valence-corrected chi connectivity index (χ2v) is 9.05. The van der Waals surface area contributed by atoms with Crippen molar-refractivity contribution in [3.05, 3.63) is 0 Å². The van der Waals surface area contributed by atoms with Crippen LogP contribution in [0.1, 0.15) is 61.3 Å². The maximum Gasteiger partial charge on any atom is 0.311 e. The monoisotopic (exact) mass is 342 g/mol. The average Bonchev–Trinajstić information content (AvgIpc) is 2.45. The van der Waals surface area contributed by atoms with Crippen molar-refractivity contribution in [3.8, 4) is 0 Å². The zero-order chi connectivity index (χ0) is 19.2. The summed E-state index contributed by atoms with van der Waals surface area (Å²) in [4.78, 5) is 35.7. The predicted molar refractivity (Wildman–Crippen MR) is 93.4 cm³/mol. The second kappa shape index (κ2) is 8.75. The minimum absolute atomic E-state index is 0.0863. The summed E-state index contributed by atoms with van der Waals surface area (Å²) in [6.07, 6.45) is 2.38. The molecule has 1 N–H and O–H groups in total. The molecule has 0 heterocycles. The molecule has 0 aliphatic heterocycles. The Hall–Kier alpha value is -1.23. The van der Waals surface area contributed by atoms with E-state index in [0.717, 1.165) is 12.6 Å². The van der Waals surface area contributed by atoms with E-state index in [0.29, 0.717) is 12.8 Å². The molecule has 0 fully saturated rings. The number of carbonyl (C=O) groups is 3. The van der Waals surface area contributed by atoms with Crippen LogP contribution < -0.4 is 0 Å². The van der Waals surface area contributed by atoms with E-state index < -0.39 is 11.4 Å². The van der Waals surface area contributed by atoms with E-state index in [2.05, 4.69) is 0 Å². The molecule has 0 amide bonds. The van der Waals surface area contributed by atoms with E-state index in [1.807, 2.05) is 41.5 Å². The Balaban J connectivity index is 5.62. The molecule has 0 rings (SSSR count). The summed E-state index contributed by atoms with van der Waals surface area (Å²) in [6.45, 7) is 13.1. The van der Waals surface area contributed by atoms with Gasteiger partial charge in [-0.1, -0.05) is 41.5 Å². The molecule has 140 valence electrons. The van der Waals surface area contributed by atoms with E-state index in [-0.39, 0.29) is 35.9 Å². The Kier molecular flexibility index (Phi) is 8.30. The molecule has 0 aromatic rings. The van der Waals surface area contributed by atoms with Crippen LogP contribution in [-0.2, 0) is 19.1 Å². The van der Waals surface area contributed by atoms with Crippen molar-refractivity contribution in [2.75, 3.05) is 13.2 Å². The first kappa shape index (κ1) is 22.8. The molecule has 0 saturated carbocycles. The fraction of sp³-hybridized carbons (Fsp3) is 0.842. The van der Waals surface area contributed by atoms with Crippen molar-refractivity contribution < 1.29 is 24.2 Å². The fourth-order valence-electron chi connectivity index (χ4n) is 2.65. The van der Waals surface area contributed by atoms with Crippen molar-refractivity contribution in [2.24, 2.45) is 28.1 Å². The van der Waals surface area contributed by atoms with Crippen LogP contribution in [0.3, 0.4) is 0 Å². The van der Waals surface area contributed by atoms with Gasteiger partial charge in [-0.15, -0.1) is 0 Å². The first-order chi connectivity index (χ1) is 10.8. The fourth-order valence-corrected chi connectivity index (χ4v) is 2.65. The zero-order valence-corrected chi connectivity index (χ0v) is 16.2. The van der Waals surface area contributed by atoms with Crippen LogP contribution >= 0.6 is 0 Å². The van der Waals surface area contributed by atoms with Crippen LogP contribution in [0.5, 0.6) is 0 Å². The lowest BCUT2D eigenvalue weighted by atomic mass is 9.65. The van der Waals surface area contributed by atoms with Gasteiger partial charge < -0.3 is 19.4 Å². The topological polar surface area (TPSA) is 80.7 Å². The largest absolute Gasteiger partial charge is 0.463 e. The number of hydrogen-bond acceptors (Lipinski definition) is 5. The van der Waals surface area contributed by atoms with Crippen molar-refractivity contribution in [1.82, 2.24) is 0 Å². The molecule has 0 aliphatic carbocycles. The van der Waals surface area contributed by atoms with Crippen molar-refractivity contribution >= 4 is 18.5 Å². The van der Waals surface area contributed by atoms with Crippen molar-refractivity contribution in [3.63, 3.8) is 0 Å². The number of aldehydes is 2. The molecule has 0 aromatic carbocycles. The molecule has 0 saturated heterocycles. The maximum absolute atomic E-state index is 12.6. The highest BCUT2D eigenvalue weighted by Gasteiger charge is 2.43. The van der Waals surface area contributed by atoms with Gasteiger partial charge in [0, 0.05) is 11.8 Å². The van der Waals surface area contributed by atoms with Crippen LogP contribution in [0.25, 0.3) is 0 Å². The molecule has 5 nitrogen and oxygen atoms in total. The molecule has 2 atom stereocenters. The molecule has 0 radical (unpaired) electrons. The van der Waals surface area contributed by atoms with Crippen molar-refractivity contribution in [2.45, 2.75) is 61.3 Å². The minimum Gasteiger partial charge on any atom is -0.463 e. The van der Waals surface area contributed by atoms with Gasteiger partial charge in [-0.3, -0.25) is 4.79 Å². The van der Waals surface area contributed by atoms with E-state index in [1.165, 1.54) is 0 Å². The van der Waals surface area contributed by atoms with Crippen LogP contribution in [-0.4, -0.2) is 36.9 Å². The highest BCUT2D eigenvalue weighted by atomic mass is 16.5. The molecular formula is C19H34O5. The number of hydrogen-bond donors (Lipinski definition) is 1. The molecule has 5 heteroatoms. The molecule has 0 aliphatic rings. The van der Waals surface area contributed by atoms with E-state index >= 15 is 0 Å². The molecular weight excluding hydrogens is 308 g/mol. The summed E-state index contributed by atoms with van der Waals surface area (Å²) in [7, 11) is 0. The van der Waals surface area contributed by atoms with Gasteiger partial charge in [-0.2, -0.15) is 0 Å². The number of carbonyl (C=O) groups excluding carboxylic acids is 3. The quantitative estimate of drug-likeness (QED) is 0.514. The summed E-state index contributed by atoms with van der Waals surface area (Å²) >= 11 is 0. The predicted octanol–water partition coefficient (Wildman–Crippen LogP) is 3.03. The van der Waals surface area contributed by atoms with Crippen LogP contribution in [0, 0.1) is 28.1 Å². The Morgan fingerprint density at radius 3 is 1.54 bits per heavy atom. The Morgan fingerprint density at radius 2 is 1.29 bits per heavy atom. The van der Waals surface area contributed by atoms with Crippen LogP contribution in [0.2, 0.25) is 0 Å². The zero-order valence-electron chi connectivity index (χ0n) is 16.2. The molecule has 0 aromatic heterocycles. The lowest BCUT2D eigenvalue weighted by Crippen LogP contribution is -2.40. The van der Waals surface area contributed by atoms with Gasteiger partial charge in [0.15, 0.2) is 0 Å². The number of rotatable bonds is 9. The Bertz CT molecular complexity index is 400. The van der Waals surface area contributed by atoms with Gasteiger partial charge >= 0.3 is 5.97 Å². The SMILES string of the molecule is CC(CC(C=O)C(C)(C)C)(CC(C=O)C(C)(C)C)C(=O)OCCO. The van der Waals surface area contributed by atoms with Gasteiger partial charge in [0.05, 0.1) is 12.0 Å². The van der Waals surface area contributed by atoms with Crippen LogP contribution in [0.4, 0.5) is 0 Å². The third-order valence-electron chi connectivity index (χ3n) is 4.71. The van der Waals surface area contributed by atoms with Gasteiger partial charge in [0.25, 0.3) is 0 Å². The van der Waals surface area contributed by atoms with E-state index in [1.54, 1.807) is 6.92 Å². The van der Waals surface area contributed by atoms with Gasteiger partial charge in [-0.05, 0) is 30.6 Å². The Morgan fingerprint density at radius 1 is 0.917 bits per heavy atom. The summed E-state index contributed by atoms with van der Waals surface area (Å²) in [5, 5.41) is 8.91. The average molecular weight is 342 g/mol. The number of aliphatic hydroxyl groups is 1. The summed E-state index contributed by atoms with van der Waals surface area (Å²) < 4.78 is 5.15. The summed E-state index contributed by atoms with van der Waals surface area (Å²) in [5.74, 6) is -1.14. The standard InChI is InChI=1S/C19H34O5/c1-17(2,3)14(12-21)10-19(7,16(23)24-9-8-20)11-15(13-22)18(4,5)6/h12-15,20H,8-11H2,1-7H3. The summed E-state index contributed by atoms with van der Waals surface area (Å²) in [6, 6.07) is 0. The normalized spacial score (nSPS) is 17.5. The number of aliphatic hydroxyl groups excluding tert-OH is 1. The second-order valence-electron chi connectivity index (χ2n) is 9.05.